The van der Waals surface area contributed by atoms with E-state index in [0.29, 0.717) is 8.95 Å². The number of rotatable bonds is 0. The molecule has 2 rings (SSSR count). The molecule has 0 bridgehead atoms. The van der Waals surface area contributed by atoms with Crippen LogP contribution in [0.3, 0.4) is 0 Å². The Labute approximate surface area is 147 Å². The summed E-state index contributed by atoms with van der Waals surface area (Å²) in [5.74, 6) is 0.0694. The van der Waals surface area contributed by atoms with Crippen LogP contribution in [0.1, 0.15) is 0 Å². The third-order valence-corrected chi connectivity index (χ3v) is 2.98. The Hall–Kier alpha value is 0.260. The van der Waals surface area contributed by atoms with Crippen LogP contribution in [-0.4, -0.2) is 37.7 Å². The van der Waals surface area contributed by atoms with Crippen molar-refractivity contribution in [3.63, 3.8) is 0 Å². The second kappa shape index (κ2) is 9.22. The first-order valence-corrected chi connectivity index (χ1v) is 6.03. The molecule has 84 valence electrons. The van der Waals surface area contributed by atoms with Crippen LogP contribution in [0.4, 0.5) is 0 Å². The molecule has 0 aromatic heterocycles. The fraction of sp³-hybridized carbons (Fsp3) is 0. The van der Waals surface area contributed by atoms with Gasteiger partial charge in [0, 0.05) is 8.95 Å². The average Bonchev–Trinajstić information content (AvgIpc) is 2.28. The minimum Gasteiger partial charge on any atom is -0.872 e. The van der Waals surface area contributed by atoms with Crippen molar-refractivity contribution < 1.29 is 10.2 Å². The summed E-state index contributed by atoms with van der Waals surface area (Å²) in [6, 6.07) is 13.5. The quantitative estimate of drug-likeness (QED) is 0.656. The van der Waals surface area contributed by atoms with Crippen molar-refractivity contribution in [3.8, 4) is 11.5 Å². The SMILES string of the molecule is [Ca+2].[O-]c1ccccc1Br.[O-]c1ccccc1Br. The Kier molecular flexibility index (Phi) is 9.37. The van der Waals surface area contributed by atoms with Crippen LogP contribution in [0.5, 0.6) is 11.5 Å². The van der Waals surface area contributed by atoms with Gasteiger partial charge in [-0.15, -0.1) is 0 Å². The molecule has 0 aliphatic heterocycles. The van der Waals surface area contributed by atoms with Crippen LogP contribution in [0.2, 0.25) is 0 Å². The number of hydrogen-bond acceptors (Lipinski definition) is 2. The fourth-order valence-corrected chi connectivity index (χ4v) is 1.46. The third-order valence-electron chi connectivity index (χ3n) is 1.67. The van der Waals surface area contributed by atoms with Gasteiger partial charge >= 0.3 is 37.7 Å². The Balaban J connectivity index is 0.000000284. The molecule has 0 spiro atoms. The maximum atomic E-state index is 10.6. The zero-order valence-corrected chi connectivity index (χ0v) is 14.3. The first-order valence-electron chi connectivity index (χ1n) is 4.44. The van der Waals surface area contributed by atoms with E-state index in [0.717, 1.165) is 0 Å². The van der Waals surface area contributed by atoms with E-state index >= 15 is 0 Å². The van der Waals surface area contributed by atoms with Gasteiger partial charge in [-0.05, 0) is 12.1 Å². The van der Waals surface area contributed by atoms with Gasteiger partial charge in [0.15, 0.2) is 0 Å². The number of hydrogen-bond donors (Lipinski definition) is 0. The molecule has 0 aliphatic carbocycles. The molecule has 2 aromatic carbocycles. The molecule has 5 heteroatoms. The van der Waals surface area contributed by atoms with E-state index < -0.39 is 0 Å². The van der Waals surface area contributed by atoms with Crippen molar-refractivity contribution in [2.45, 2.75) is 0 Å². The smallest absolute Gasteiger partial charge is 0.872 e. The van der Waals surface area contributed by atoms with Gasteiger partial charge in [0.05, 0.1) is 0 Å². The summed E-state index contributed by atoms with van der Waals surface area (Å²) < 4.78 is 1.25. The largest absolute Gasteiger partial charge is 2.00 e. The van der Waals surface area contributed by atoms with Crippen molar-refractivity contribution in [1.29, 1.82) is 0 Å². The molecular formula is C12H8Br2CaO2. The van der Waals surface area contributed by atoms with Gasteiger partial charge in [-0.25, -0.2) is 0 Å². The molecule has 0 fully saturated rings. The predicted octanol–water partition coefficient (Wildman–Crippen LogP) is 2.66. The molecule has 0 unspecified atom stereocenters. The van der Waals surface area contributed by atoms with E-state index in [4.69, 9.17) is 0 Å². The molecule has 0 saturated heterocycles. The summed E-state index contributed by atoms with van der Waals surface area (Å²) in [5, 5.41) is 21.1. The normalized spacial score (nSPS) is 8.59. The molecule has 17 heavy (non-hydrogen) atoms. The molecular weight excluding hydrogens is 376 g/mol. The molecule has 2 nitrogen and oxygen atoms in total. The zero-order valence-electron chi connectivity index (χ0n) is 8.90. The van der Waals surface area contributed by atoms with E-state index in [2.05, 4.69) is 31.9 Å². The zero-order chi connectivity index (χ0) is 12.0. The van der Waals surface area contributed by atoms with Crippen molar-refractivity contribution in [3.05, 3.63) is 57.5 Å². The maximum absolute atomic E-state index is 10.6. The summed E-state index contributed by atoms with van der Waals surface area (Å²) in [6.07, 6.45) is 0. The van der Waals surface area contributed by atoms with Gasteiger partial charge in [0.2, 0.25) is 0 Å². The van der Waals surface area contributed by atoms with E-state index in [1.807, 2.05) is 12.1 Å². The molecule has 2 aromatic rings. The molecule has 0 aliphatic rings. The monoisotopic (exact) mass is 382 g/mol. The maximum Gasteiger partial charge on any atom is 2.00 e. The van der Waals surface area contributed by atoms with Gasteiger partial charge in [-0.1, -0.05) is 79.8 Å². The van der Waals surface area contributed by atoms with Crippen LogP contribution < -0.4 is 10.2 Å². The molecule has 0 saturated carbocycles. The van der Waals surface area contributed by atoms with Gasteiger partial charge in [-0.2, -0.15) is 0 Å². The minimum atomic E-state index is 0. The number of para-hydroxylation sites is 2. The molecule has 0 radical (unpaired) electrons. The average molecular weight is 384 g/mol. The van der Waals surface area contributed by atoms with Crippen molar-refractivity contribution in [1.82, 2.24) is 0 Å². The van der Waals surface area contributed by atoms with E-state index in [9.17, 15) is 10.2 Å². The van der Waals surface area contributed by atoms with Gasteiger partial charge in [-0.3, -0.25) is 0 Å². The Bertz CT molecular complexity index is 378. The van der Waals surface area contributed by atoms with Crippen LogP contribution in [0, 0.1) is 0 Å². The predicted molar refractivity (Wildman–Crippen MR) is 72.9 cm³/mol. The van der Waals surface area contributed by atoms with E-state index in [1.54, 1.807) is 24.3 Å². The summed E-state index contributed by atoms with van der Waals surface area (Å²) in [5.41, 5.74) is 0. The summed E-state index contributed by atoms with van der Waals surface area (Å²) in [6.45, 7) is 0. The second-order valence-electron chi connectivity index (χ2n) is 2.86. The van der Waals surface area contributed by atoms with Crippen LogP contribution in [0.25, 0.3) is 0 Å². The molecule has 0 amide bonds. The Morgan fingerprint density at radius 1 is 0.647 bits per heavy atom. The Morgan fingerprint density at radius 2 is 0.941 bits per heavy atom. The second-order valence-corrected chi connectivity index (χ2v) is 4.57. The summed E-state index contributed by atoms with van der Waals surface area (Å²) >= 11 is 6.17. The number of benzene rings is 2. The molecule has 0 atom stereocenters. The topological polar surface area (TPSA) is 46.1 Å². The van der Waals surface area contributed by atoms with Gasteiger partial charge < -0.3 is 10.2 Å². The van der Waals surface area contributed by atoms with Crippen LogP contribution in [0.15, 0.2) is 57.5 Å². The first kappa shape index (κ1) is 17.3. The van der Waals surface area contributed by atoms with Gasteiger partial charge in [0.25, 0.3) is 0 Å². The van der Waals surface area contributed by atoms with Crippen molar-refractivity contribution >= 4 is 69.6 Å². The van der Waals surface area contributed by atoms with Crippen LogP contribution >= 0.6 is 31.9 Å². The van der Waals surface area contributed by atoms with E-state index in [1.165, 1.54) is 12.1 Å². The van der Waals surface area contributed by atoms with Gasteiger partial charge in [0.1, 0.15) is 0 Å². The standard InChI is InChI=1S/2C6H5BrO.Ca/c2*7-5-3-1-2-4-6(5)8;/h2*1-4,8H;/q;;+2/p-2. The fourth-order valence-electron chi connectivity index (χ4n) is 0.889. The number of halogens is 2. The van der Waals surface area contributed by atoms with Crippen molar-refractivity contribution in [2.24, 2.45) is 0 Å². The van der Waals surface area contributed by atoms with Crippen molar-refractivity contribution in [2.75, 3.05) is 0 Å². The first-order chi connectivity index (χ1) is 7.61. The third kappa shape index (κ3) is 6.67. The summed E-state index contributed by atoms with van der Waals surface area (Å²) in [4.78, 5) is 0. The van der Waals surface area contributed by atoms with Crippen LogP contribution in [-0.2, 0) is 0 Å². The van der Waals surface area contributed by atoms with E-state index in [-0.39, 0.29) is 49.2 Å². The minimum absolute atomic E-state index is 0. The molecule has 0 heterocycles. The summed E-state index contributed by atoms with van der Waals surface area (Å²) in [7, 11) is 0. The Morgan fingerprint density at radius 3 is 1.12 bits per heavy atom. The molecule has 0 N–H and O–H groups in total.